The third-order valence-electron chi connectivity index (χ3n) is 2.73. The number of carbonyl (C=O) groups excluding carboxylic acids is 1. The van der Waals surface area contributed by atoms with Gasteiger partial charge in [0.2, 0.25) is 0 Å². The number of furan rings is 1. The zero-order valence-corrected chi connectivity index (χ0v) is 9.59. The summed E-state index contributed by atoms with van der Waals surface area (Å²) in [6, 6.07) is 3.46. The molecule has 1 heterocycles. The number of aliphatic hydroxyl groups excluding tert-OH is 1. The van der Waals surface area contributed by atoms with Crippen molar-refractivity contribution in [1.29, 1.82) is 0 Å². The molecule has 2 rings (SSSR count). The molecule has 0 aliphatic heterocycles. The van der Waals surface area contributed by atoms with E-state index in [0.29, 0.717) is 18.5 Å². The van der Waals surface area contributed by atoms with Gasteiger partial charge in [0.05, 0.1) is 0 Å². The Morgan fingerprint density at radius 3 is 2.94 bits per heavy atom. The lowest BCUT2D eigenvalue weighted by atomic mass is 9.85. The maximum atomic E-state index is 10.5. The third-order valence-corrected chi connectivity index (χ3v) is 2.73. The minimum Gasteiger partial charge on any atom is -0.508 e. The van der Waals surface area contributed by atoms with Crippen LogP contribution in [-0.2, 0) is 6.42 Å². The predicted molar refractivity (Wildman–Crippen MR) is 64.9 cm³/mol. The van der Waals surface area contributed by atoms with Crippen LogP contribution in [0, 0.1) is 5.41 Å². The molecule has 1 atom stereocenters. The van der Waals surface area contributed by atoms with E-state index in [1.165, 1.54) is 0 Å². The van der Waals surface area contributed by atoms with Gasteiger partial charge in [-0.05, 0) is 24.3 Å². The second-order valence-corrected chi connectivity index (χ2v) is 4.39. The summed E-state index contributed by atoms with van der Waals surface area (Å²) in [6.07, 6.45) is 10.4. The summed E-state index contributed by atoms with van der Waals surface area (Å²) in [5.41, 5.74) is -0.223. The summed E-state index contributed by atoms with van der Waals surface area (Å²) >= 11 is 0. The molecular formula is C14H14O3. The fraction of sp³-hybridized carbons (Fsp3) is 0.214. The smallest absolute Gasteiger partial charge is 0.185 e. The van der Waals surface area contributed by atoms with Gasteiger partial charge in [0.15, 0.2) is 12.0 Å². The Morgan fingerprint density at radius 2 is 2.24 bits per heavy atom. The van der Waals surface area contributed by atoms with Crippen LogP contribution in [0.4, 0.5) is 0 Å². The maximum absolute atomic E-state index is 10.5. The van der Waals surface area contributed by atoms with Gasteiger partial charge >= 0.3 is 0 Å². The first-order valence-corrected chi connectivity index (χ1v) is 5.43. The number of aldehydes is 1. The minimum atomic E-state index is -0.223. The number of hydrogen-bond acceptors (Lipinski definition) is 3. The van der Waals surface area contributed by atoms with Gasteiger partial charge in [-0.2, -0.15) is 0 Å². The molecule has 3 heteroatoms. The first-order valence-electron chi connectivity index (χ1n) is 5.43. The monoisotopic (exact) mass is 230 g/mol. The molecule has 0 spiro atoms. The first kappa shape index (κ1) is 11.5. The predicted octanol–water partition coefficient (Wildman–Crippen LogP) is 3.21. The molecular weight excluding hydrogens is 216 g/mol. The van der Waals surface area contributed by atoms with Crippen molar-refractivity contribution in [2.24, 2.45) is 5.41 Å². The van der Waals surface area contributed by atoms with E-state index in [4.69, 9.17) is 4.42 Å². The van der Waals surface area contributed by atoms with Crippen molar-refractivity contribution in [3.8, 4) is 0 Å². The van der Waals surface area contributed by atoms with Crippen LogP contribution in [0.25, 0.3) is 0 Å². The van der Waals surface area contributed by atoms with Crippen LogP contribution in [0.2, 0.25) is 0 Å². The lowest BCUT2D eigenvalue weighted by Gasteiger charge is -2.19. The Kier molecular flexibility index (Phi) is 3.00. The van der Waals surface area contributed by atoms with Crippen molar-refractivity contribution < 1.29 is 14.3 Å². The second kappa shape index (κ2) is 4.45. The van der Waals surface area contributed by atoms with Crippen molar-refractivity contribution >= 4 is 6.29 Å². The van der Waals surface area contributed by atoms with E-state index in [9.17, 15) is 9.90 Å². The normalized spacial score (nSPS) is 23.2. The molecule has 1 N–H and O–H groups in total. The van der Waals surface area contributed by atoms with Crippen molar-refractivity contribution in [1.82, 2.24) is 0 Å². The van der Waals surface area contributed by atoms with Crippen LogP contribution < -0.4 is 0 Å². The quantitative estimate of drug-likeness (QED) is 0.811. The van der Waals surface area contributed by atoms with E-state index in [-0.39, 0.29) is 11.2 Å². The number of aliphatic hydroxyl groups is 1. The number of allylic oxidation sites excluding steroid dienone is 5. The molecule has 0 radical (unpaired) electrons. The first-order chi connectivity index (χ1) is 8.11. The third kappa shape index (κ3) is 2.75. The van der Waals surface area contributed by atoms with Crippen molar-refractivity contribution in [2.75, 3.05) is 0 Å². The molecule has 1 unspecified atom stereocenters. The standard InChI is InChI=1S/C14H14O3/c1-14(7-2-3-11(16)6-8-14)9-12-4-5-13(10-15)17-12/h2-8,10,16H,9H2,1H3. The van der Waals surface area contributed by atoms with Gasteiger partial charge < -0.3 is 9.52 Å². The van der Waals surface area contributed by atoms with E-state index in [1.807, 2.05) is 25.2 Å². The highest BCUT2D eigenvalue weighted by molar-refractivity contribution is 5.70. The van der Waals surface area contributed by atoms with Crippen LogP contribution >= 0.6 is 0 Å². The summed E-state index contributed by atoms with van der Waals surface area (Å²) in [6.45, 7) is 2.04. The largest absolute Gasteiger partial charge is 0.508 e. The van der Waals surface area contributed by atoms with E-state index < -0.39 is 0 Å². The van der Waals surface area contributed by atoms with Gasteiger partial charge in [-0.3, -0.25) is 4.79 Å². The van der Waals surface area contributed by atoms with Gasteiger partial charge in [-0.15, -0.1) is 0 Å². The van der Waals surface area contributed by atoms with Gasteiger partial charge in [0.1, 0.15) is 11.5 Å². The van der Waals surface area contributed by atoms with E-state index >= 15 is 0 Å². The fourth-order valence-electron chi connectivity index (χ4n) is 1.80. The molecule has 1 aromatic rings. The number of rotatable bonds is 3. The maximum Gasteiger partial charge on any atom is 0.185 e. The Balaban J connectivity index is 2.18. The molecule has 0 aromatic carbocycles. The zero-order chi connectivity index (χ0) is 12.3. The molecule has 3 nitrogen and oxygen atoms in total. The van der Waals surface area contributed by atoms with Crippen LogP contribution in [-0.4, -0.2) is 11.4 Å². The topological polar surface area (TPSA) is 50.4 Å². The Hall–Kier alpha value is -2.03. The molecule has 0 saturated heterocycles. The average molecular weight is 230 g/mol. The zero-order valence-electron chi connectivity index (χ0n) is 9.59. The molecule has 1 aliphatic rings. The highest BCUT2D eigenvalue weighted by Crippen LogP contribution is 2.29. The lowest BCUT2D eigenvalue weighted by molar-refractivity contribution is 0.109. The van der Waals surface area contributed by atoms with Crippen LogP contribution in [0.1, 0.15) is 23.2 Å². The van der Waals surface area contributed by atoms with Crippen molar-refractivity contribution in [3.05, 3.63) is 59.8 Å². The molecule has 17 heavy (non-hydrogen) atoms. The Bertz CT molecular complexity index is 505. The SMILES string of the molecule is CC1(Cc2ccc(C=O)o2)C=CC=C(O)C=C1. The molecule has 0 saturated carbocycles. The number of carbonyl (C=O) groups is 1. The molecule has 88 valence electrons. The number of hydrogen-bond donors (Lipinski definition) is 1. The molecule has 0 fully saturated rings. The van der Waals surface area contributed by atoms with Crippen molar-refractivity contribution in [2.45, 2.75) is 13.3 Å². The molecule has 0 amide bonds. The molecule has 1 aliphatic carbocycles. The second-order valence-electron chi connectivity index (χ2n) is 4.39. The summed E-state index contributed by atoms with van der Waals surface area (Å²) in [5, 5.41) is 9.38. The summed E-state index contributed by atoms with van der Waals surface area (Å²) in [4.78, 5) is 10.5. The van der Waals surface area contributed by atoms with Crippen molar-refractivity contribution in [3.63, 3.8) is 0 Å². The summed E-state index contributed by atoms with van der Waals surface area (Å²) in [7, 11) is 0. The lowest BCUT2D eigenvalue weighted by Crippen LogP contribution is -2.12. The van der Waals surface area contributed by atoms with Crippen LogP contribution in [0.15, 0.2) is 52.7 Å². The fourth-order valence-corrected chi connectivity index (χ4v) is 1.80. The minimum absolute atomic E-state index is 0.223. The van der Waals surface area contributed by atoms with Crippen LogP contribution in [0.3, 0.4) is 0 Å². The Morgan fingerprint density at radius 1 is 1.41 bits per heavy atom. The Labute approximate surface area is 99.8 Å². The van der Waals surface area contributed by atoms with Gasteiger partial charge in [-0.25, -0.2) is 0 Å². The average Bonchev–Trinajstić information content (AvgIpc) is 2.67. The van der Waals surface area contributed by atoms with Gasteiger partial charge in [0.25, 0.3) is 0 Å². The van der Waals surface area contributed by atoms with Crippen LogP contribution in [0.5, 0.6) is 0 Å². The van der Waals surface area contributed by atoms with Gasteiger partial charge in [-0.1, -0.05) is 25.2 Å². The van der Waals surface area contributed by atoms with Gasteiger partial charge in [0, 0.05) is 11.8 Å². The molecule has 1 aromatic heterocycles. The van der Waals surface area contributed by atoms with E-state index in [0.717, 1.165) is 5.76 Å². The summed E-state index contributed by atoms with van der Waals surface area (Å²) in [5.74, 6) is 1.33. The molecule has 0 bridgehead atoms. The van der Waals surface area contributed by atoms with E-state index in [2.05, 4.69) is 0 Å². The highest BCUT2D eigenvalue weighted by Gasteiger charge is 2.21. The van der Waals surface area contributed by atoms with E-state index in [1.54, 1.807) is 24.3 Å². The summed E-state index contributed by atoms with van der Waals surface area (Å²) < 4.78 is 5.35. The highest BCUT2D eigenvalue weighted by atomic mass is 16.3.